The summed E-state index contributed by atoms with van der Waals surface area (Å²) < 4.78 is 5.21. The molecule has 1 heterocycles. The van der Waals surface area contributed by atoms with Crippen molar-refractivity contribution in [3.8, 4) is 11.8 Å². The SMILES string of the molecule is [CH2]C#CC(CC=O)N1CCOCC1. The molecule has 0 aliphatic carbocycles. The van der Waals surface area contributed by atoms with Crippen LogP contribution < -0.4 is 0 Å². The number of aldehydes is 1. The number of ether oxygens (including phenoxy) is 1. The maximum Gasteiger partial charge on any atom is 0.122 e. The van der Waals surface area contributed by atoms with E-state index in [1.54, 1.807) is 0 Å². The van der Waals surface area contributed by atoms with Gasteiger partial charge in [0.25, 0.3) is 0 Å². The van der Waals surface area contributed by atoms with Crippen molar-refractivity contribution < 1.29 is 9.53 Å². The predicted octanol–water partition coefficient (Wildman–Crippen LogP) is 0.114. The second kappa shape index (κ2) is 5.74. The molecule has 1 unspecified atom stereocenters. The van der Waals surface area contributed by atoms with E-state index in [4.69, 9.17) is 4.74 Å². The third-order valence-electron chi connectivity index (χ3n) is 2.07. The van der Waals surface area contributed by atoms with Crippen molar-refractivity contribution in [2.75, 3.05) is 26.3 Å². The average molecular weight is 180 g/mol. The van der Waals surface area contributed by atoms with E-state index in [1.807, 2.05) is 0 Å². The van der Waals surface area contributed by atoms with Gasteiger partial charge in [-0.05, 0) is 0 Å². The zero-order chi connectivity index (χ0) is 9.52. The van der Waals surface area contributed by atoms with Crippen molar-refractivity contribution in [3.05, 3.63) is 6.92 Å². The zero-order valence-electron chi connectivity index (χ0n) is 7.66. The predicted molar refractivity (Wildman–Crippen MR) is 50.0 cm³/mol. The van der Waals surface area contributed by atoms with Gasteiger partial charge in [-0.2, -0.15) is 0 Å². The van der Waals surface area contributed by atoms with E-state index < -0.39 is 0 Å². The lowest BCUT2D eigenvalue weighted by Crippen LogP contribution is -2.43. The molecule has 0 aromatic carbocycles. The van der Waals surface area contributed by atoms with Gasteiger partial charge in [0.05, 0.1) is 19.3 Å². The van der Waals surface area contributed by atoms with Gasteiger partial charge in [0, 0.05) is 26.4 Å². The zero-order valence-corrected chi connectivity index (χ0v) is 7.66. The summed E-state index contributed by atoms with van der Waals surface area (Å²) in [6.45, 7) is 6.64. The maximum absolute atomic E-state index is 10.4. The lowest BCUT2D eigenvalue weighted by Gasteiger charge is -2.30. The molecule has 0 amide bonds. The first-order valence-electron chi connectivity index (χ1n) is 4.41. The van der Waals surface area contributed by atoms with Crippen molar-refractivity contribution in [1.82, 2.24) is 4.90 Å². The highest BCUT2D eigenvalue weighted by atomic mass is 16.5. The number of rotatable bonds is 3. The Balaban J connectivity index is 2.49. The van der Waals surface area contributed by atoms with Crippen LogP contribution in [0.4, 0.5) is 0 Å². The van der Waals surface area contributed by atoms with Gasteiger partial charge >= 0.3 is 0 Å². The fourth-order valence-corrected chi connectivity index (χ4v) is 1.40. The Morgan fingerprint density at radius 3 is 2.77 bits per heavy atom. The fraction of sp³-hybridized carbons (Fsp3) is 0.600. The Hall–Kier alpha value is -0.850. The molecule has 1 fully saturated rings. The van der Waals surface area contributed by atoms with Gasteiger partial charge in [0.1, 0.15) is 6.29 Å². The molecule has 71 valence electrons. The van der Waals surface area contributed by atoms with Crippen molar-refractivity contribution in [2.45, 2.75) is 12.5 Å². The lowest BCUT2D eigenvalue weighted by molar-refractivity contribution is -0.108. The van der Waals surface area contributed by atoms with Gasteiger partial charge < -0.3 is 9.53 Å². The molecule has 0 aromatic rings. The molecule has 3 heteroatoms. The van der Waals surface area contributed by atoms with Crippen LogP contribution in [0.1, 0.15) is 6.42 Å². The van der Waals surface area contributed by atoms with Crippen LogP contribution in [0, 0.1) is 18.8 Å². The van der Waals surface area contributed by atoms with Crippen molar-refractivity contribution in [3.63, 3.8) is 0 Å². The average Bonchev–Trinajstić information content (AvgIpc) is 2.19. The maximum atomic E-state index is 10.4. The first-order valence-corrected chi connectivity index (χ1v) is 4.41. The largest absolute Gasteiger partial charge is 0.379 e. The van der Waals surface area contributed by atoms with E-state index in [9.17, 15) is 4.79 Å². The minimum absolute atomic E-state index is 0.0268. The van der Waals surface area contributed by atoms with E-state index in [0.717, 1.165) is 32.6 Å². The molecule has 0 bridgehead atoms. The van der Waals surface area contributed by atoms with Crippen molar-refractivity contribution >= 4 is 6.29 Å². The molecule has 0 N–H and O–H groups in total. The van der Waals surface area contributed by atoms with Gasteiger partial charge in [-0.25, -0.2) is 0 Å². The highest BCUT2D eigenvalue weighted by Crippen LogP contribution is 2.05. The van der Waals surface area contributed by atoms with Gasteiger partial charge in [-0.3, -0.25) is 4.90 Å². The van der Waals surface area contributed by atoms with Crippen LogP contribution in [0.15, 0.2) is 0 Å². The van der Waals surface area contributed by atoms with Crippen molar-refractivity contribution in [1.29, 1.82) is 0 Å². The molecule has 1 aliphatic rings. The summed E-state index contributed by atoms with van der Waals surface area (Å²) in [6.07, 6.45) is 1.37. The topological polar surface area (TPSA) is 29.5 Å². The van der Waals surface area contributed by atoms with Crippen LogP contribution >= 0.6 is 0 Å². The number of morpholine rings is 1. The quantitative estimate of drug-likeness (QED) is 0.456. The summed E-state index contributed by atoms with van der Waals surface area (Å²) in [5.41, 5.74) is 0. The van der Waals surface area contributed by atoms with Gasteiger partial charge in [0.2, 0.25) is 0 Å². The summed E-state index contributed by atoms with van der Waals surface area (Å²) in [5, 5.41) is 0. The molecular formula is C10H14NO2. The molecule has 1 rings (SSSR count). The number of hydrogen-bond donors (Lipinski definition) is 0. The Labute approximate surface area is 79.1 Å². The molecule has 1 atom stereocenters. The van der Waals surface area contributed by atoms with E-state index in [0.29, 0.717) is 6.42 Å². The molecule has 0 saturated carbocycles. The highest BCUT2D eigenvalue weighted by Gasteiger charge is 2.18. The van der Waals surface area contributed by atoms with E-state index >= 15 is 0 Å². The summed E-state index contributed by atoms with van der Waals surface area (Å²) in [4.78, 5) is 12.5. The van der Waals surface area contributed by atoms with Gasteiger partial charge in [-0.1, -0.05) is 5.92 Å². The minimum atomic E-state index is 0.0268. The van der Waals surface area contributed by atoms with Crippen LogP contribution in [0.5, 0.6) is 0 Å². The number of nitrogens with zero attached hydrogens (tertiary/aromatic N) is 1. The Bertz CT molecular complexity index is 211. The smallest absolute Gasteiger partial charge is 0.122 e. The monoisotopic (exact) mass is 180 g/mol. The molecule has 1 radical (unpaired) electrons. The van der Waals surface area contributed by atoms with Crippen LogP contribution in [0.25, 0.3) is 0 Å². The van der Waals surface area contributed by atoms with E-state index in [2.05, 4.69) is 23.7 Å². The Morgan fingerprint density at radius 2 is 2.23 bits per heavy atom. The molecule has 1 aliphatic heterocycles. The van der Waals surface area contributed by atoms with Crippen molar-refractivity contribution in [2.24, 2.45) is 0 Å². The standard InChI is InChI=1S/C10H14NO2/c1-2-3-10(4-7-12)11-5-8-13-9-6-11/h7,10H,1,4-6,8-9H2. The summed E-state index contributed by atoms with van der Waals surface area (Å²) in [5.74, 6) is 5.54. The number of carbonyl (C=O) groups is 1. The normalized spacial score (nSPS) is 20.1. The van der Waals surface area contributed by atoms with Crippen LogP contribution in [0.3, 0.4) is 0 Å². The molecule has 13 heavy (non-hydrogen) atoms. The second-order valence-electron chi connectivity index (χ2n) is 2.89. The molecule has 0 spiro atoms. The Morgan fingerprint density at radius 1 is 1.54 bits per heavy atom. The van der Waals surface area contributed by atoms with Gasteiger partial charge in [0.15, 0.2) is 0 Å². The summed E-state index contributed by atoms with van der Waals surface area (Å²) in [6, 6.07) is 0.0268. The third kappa shape index (κ3) is 3.17. The third-order valence-corrected chi connectivity index (χ3v) is 2.07. The molecule has 3 nitrogen and oxygen atoms in total. The lowest BCUT2D eigenvalue weighted by atomic mass is 10.2. The van der Waals surface area contributed by atoms with E-state index in [-0.39, 0.29) is 6.04 Å². The Kier molecular flexibility index (Phi) is 4.52. The molecular weight excluding hydrogens is 166 g/mol. The summed E-state index contributed by atoms with van der Waals surface area (Å²) in [7, 11) is 0. The fourth-order valence-electron chi connectivity index (χ4n) is 1.40. The first-order chi connectivity index (χ1) is 6.38. The van der Waals surface area contributed by atoms with Crippen LogP contribution in [-0.4, -0.2) is 43.5 Å². The minimum Gasteiger partial charge on any atom is -0.379 e. The van der Waals surface area contributed by atoms with Gasteiger partial charge in [-0.15, -0.1) is 5.92 Å². The second-order valence-corrected chi connectivity index (χ2v) is 2.89. The first kappa shape index (κ1) is 10.2. The highest BCUT2D eigenvalue weighted by molar-refractivity contribution is 5.51. The number of carbonyl (C=O) groups excluding carboxylic acids is 1. The van der Waals surface area contributed by atoms with Crippen LogP contribution in [0.2, 0.25) is 0 Å². The van der Waals surface area contributed by atoms with Crippen LogP contribution in [-0.2, 0) is 9.53 Å². The molecule has 1 saturated heterocycles. The number of hydrogen-bond acceptors (Lipinski definition) is 3. The molecule has 0 aromatic heterocycles. The van der Waals surface area contributed by atoms with E-state index in [1.165, 1.54) is 0 Å². The summed E-state index contributed by atoms with van der Waals surface area (Å²) >= 11 is 0.